The van der Waals surface area contributed by atoms with E-state index in [1.807, 2.05) is 6.07 Å². The molecule has 0 radical (unpaired) electrons. The third-order valence-electron chi connectivity index (χ3n) is 2.31. The highest BCUT2D eigenvalue weighted by atomic mass is 79.9. The van der Waals surface area contributed by atoms with Crippen LogP contribution in [0.15, 0.2) is 34.8 Å². The van der Waals surface area contributed by atoms with Crippen molar-refractivity contribution in [1.29, 1.82) is 0 Å². The fourth-order valence-electron chi connectivity index (χ4n) is 1.56. The van der Waals surface area contributed by atoms with Crippen molar-refractivity contribution in [3.8, 4) is 0 Å². The van der Waals surface area contributed by atoms with Crippen molar-refractivity contribution in [2.75, 3.05) is 0 Å². The first-order chi connectivity index (χ1) is 7.27. The number of benzene rings is 2. The fourth-order valence-corrected chi connectivity index (χ4v) is 2.13. The van der Waals surface area contributed by atoms with E-state index in [0.717, 1.165) is 27.8 Å². The summed E-state index contributed by atoms with van der Waals surface area (Å²) in [4.78, 5) is 21.5. The third kappa shape index (κ3) is 1.59. The number of rotatable bonds is 2. The van der Waals surface area contributed by atoms with E-state index >= 15 is 0 Å². The number of carbonyl (C=O) groups is 2. The van der Waals surface area contributed by atoms with Crippen LogP contribution < -0.4 is 0 Å². The average Bonchev–Trinajstić information content (AvgIpc) is 2.29. The SMILES string of the molecule is O=Cc1ccc2c(C=O)cccc2c1Br. The molecule has 2 rings (SSSR count). The van der Waals surface area contributed by atoms with Gasteiger partial charge in [-0.05, 0) is 32.8 Å². The quantitative estimate of drug-likeness (QED) is 0.779. The van der Waals surface area contributed by atoms with Crippen molar-refractivity contribution in [3.05, 3.63) is 45.9 Å². The molecular weight excluding hydrogens is 256 g/mol. The summed E-state index contributed by atoms with van der Waals surface area (Å²) in [6.45, 7) is 0. The van der Waals surface area contributed by atoms with Gasteiger partial charge in [-0.3, -0.25) is 9.59 Å². The monoisotopic (exact) mass is 262 g/mol. The normalized spacial score (nSPS) is 10.2. The highest BCUT2D eigenvalue weighted by molar-refractivity contribution is 9.10. The lowest BCUT2D eigenvalue weighted by Crippen LogP contribution is -1.88. The summed E-state index contributed by atoms with van der Waals surface area (Å²) < 4.78 is 0.735. The van der Waals surface area contributed by atoms with Crippen LogP contribution in [0.1, 0.15) is 20.7 Å². The molecule has 0 amide bonds. The van der Waals surface area contributed by atoms with E-state index in [1.54, 1.807) is 24.3 Å². The van der Waals surface area contributed by atoms with Gasteiger partial charge in [0.25, 0.3) is 0 Å². The number of carbonyl (C=O) groups excluding carboxylic acids is 2. The Morgan fingerprint density at radius 2 is 1.60 bits per heavy atom. The fraction of sp³-hybridized carbons (Fsp3) is 0. The van der Waals surface area contributed by atoms with Gasteiger partial charge in [-0.1, -0.05) is 24.3 Å². The molecule has 74 valence electrons. The van der Waals surface area contributed by atoms with Crippen LogP contribution in [0.4, 0.5) is 0 Å². The van der Waals surface area contributed by atoms with Gasteiger partial charge in [0.15, 0.2) is 12.6 Å². The molecule has 0 saturated carbocycles. The van der Waals surface area contributed by atoms with Gasteiger partial charge in [0.2, 0.25) is 0 Å². The standard InChI is InChI=1S/C12H7BrO2/c13-12-9(7-15)4-5-10-8(6-14)2-1-3-11(10)12/h1-7H. The topological polar surface area (TPSA) is 34.1 Å². The summed E-state index contributed by atoms with van der Waals surface area (Å²) in [5, 5.41) is 1.73. The molecule has 0 aliphatic carbocycles. The van der Waals surface area contributed by atoms with E-state index in [0.29, 0.717) is 11.1 Å². The van der Waals surface area contributed by atoms with Crippen LogP contribution in [0.2, 0.25) is 0 Å². The average molecular weight is 263 g/mol. The Balaban J connectivity index is 2.89. The number of aldehydes is 2. The Labute approximate surface area is 95.0 Å². The number of fused-ring (bicyclic) bond motifs is 1. The van der Waals surface area contributed by atoms with Gasteiger partial charge in [0.05, 0.1) is 0 Å². The second-order valence-electron chi connectivity index (χ2n) is 3.15. The molecular formula is C12H7BrO2. The second kappa shape index (κ2) is 3.95. The van der Waals surface area contributed by atoms with E-state index in [4.69, 9.17) is 0 Å². The predicted octanol–water partition coefficient (Wildman–Crippen LogP) is 3.23. The lowest BCUT2D eigenvalue weighted by molar-refractivity contribution is 0.111. The van der Waals surface area contributed by atoms with Crippen LogP contribution >= 0.6 is 15.9 Å². The van der Waals surface area contributed by atoms with Crippen molar-refractivity contribution in [2.45, 2.75) is 0 Å². The van der Waals surface area contributed by atoms with Crippen molar-refractivity contribution < 1.29 is 9.59 Å². The van der Waals surface area contributed by atoms with Crippen LogP contribution in [-0.2, 0) is 0 Å². The number of hydrogen-bond acceptors (Lipinski definition) is 2. The van der Waals surface area contributed by atoms with E-state index in [2.05, 4.69) is 15.9 Å². The lowest BCUT2D eigenvalue weighted by atomic mass is 10.0. The molecule has 0 aromatic heterocycles. The van der Waals surface area contributed by atoms with Gasteiger partial charge in [0.1, 0.15) is 0 Å². The van der Waals surface area contributed by atoms with Gasteiger partial charge in [0, 0.05) is 15.6 Å². The first-order valence-electron chi connectivity index (χ1n) is 4.39. The van der Waals surface area contributed by atoms with Gasteiger partial charge >= 0.3 is 0 Å². The minimum Gasteiger partial charge on any atom is -0.298 e. The molecule has 0 aliphatic heterocycles. The minimum absolute atomic E-state index is 0.588. The molecule has 3 heteroatoms. The second-order valence-corrected chi connectivity index (χ2v) is 3.94. The summed E-state index contributed by atoms with van der Waals surface area (Å²) in [7, 11) is 0. The van der Waals surface area contributed by atoms with E-state index < -0.39 is 0 Å². The van der Waals surface area contributed by atoms with Crippen LogP contribution in [0.25, 0.3) is 10.8 Å². The zero-order chi connectivity index (χ0) is 10.8. The summed E-state index contributed by atoms with van der Waals surface area (Å²) in [5.41, 5.74) is 1.22. The summed E-state index contributed by atoms with van der Waals surface area (Å²) in [5.74, 6) is 0. The molecule has 0 aliphatic rings. The molecule has 0 saturated heterocycles. The molecule has 2 aromatic carbocycles. The number of halogens is 1. The summed E-state index contributed by atoms with van der Waals surface area (Å²) in [6, 6.07) is 8.91. The zero-order valence-corrected chi connectivity index (χ0v) is 9.32. The van der Waals surface area contributed by atoms with E-state index in [1.165, 1.54) is 0 Å². The predicted molar refractivity (Wildman–Crippen MR) is 62.4 cm³/mol. The van der Waals surface area contributed by atoms with Crippen LogP contribution in [0, 0.1) is 0 Å². The molecule has 0 fully saturated rings. The molecule has 2 nitrogen and oxygen atoms in total. The molecule has 0 heterocycles. The maximum atomic E-state index is 10.8. The Bertz CT molecular complexity index is 547. The van der Waals surface area contributed by atoms with Crippen molar-refractivity contribution in [1.82, 2.24) is 0 Å². The highest BCUT2D eigenvalue weighted by Crippen LogP contribution is 2.28. The molecule has 0 bridgehead atoms. The maximum Gasteiger partial charge on any atom is 0.151 e. The molecule has 0 unspecified atom stereocenters. The Kier molecular flexibility index (Phi) is 2.64. The van der Waals surface area contributed by atoms with Crippen LogP contribution in [0.5, 0.6) is 0 Å². The van der Waals surface area contributed by atoms with Crippen LogP contribution in [-0.4, -0.2) is 12.6 Å². The van der Waals surface area contributed by atoms with Crippen LogP contribution in [0.3, 0.4) is 0 Å². The van der Waals surface area contributed by atoms with Crippen molar-refractivity contribution >= 4 is 39.3 Å². The Hall–Kier alpha value is -1.48. The number of hydrogen-bond donors (Lipinski definition) is 0. The Morgan fingerprint density at radius 3 is 2.27 bits per heavy atom. The van der Waals surface area contributed by atoms with Gasteiger partial charge in [-0.25, -0.2) is 0 Å². The summed E-state index contributed by atoms with van der Waals surface area (Å²) in [6.07, 6.45) is 1.60. The van der Waals surface area contributed by atoms with E-state index in [9.17, 15) is 9.59 Å². The van der Waals surface area contributed by atoms with Crippen molar-refractivity contribution in [2.24, 2.45) is 0 Å². The third-order valence-corrected chi connectivity index (χ3v) is 3.20. The highest BCUT2D eigenvalue weighted by Gasteiger charge is 2.06. The van der Waals surface area contributed by atoms with Gasteiger partial charge in [-0.15, -0.1) is 0 Å². The minimum atomic E-state index is 0.588. The largest absolute Gasteiger partial charge is 0.298 e. The first kappa shape index (κ1) is 10.1. The molecule has 0 atom stereocenters. The zero-order valence-electron chi connectivity index (χ0n) is 7.74. The molecule has 0 spiro atoms. The van der Waals surface area contributed by atoms with E-state index in [-0.39, 0.29) is 0 Å². The molecule has 2 aromatic rings. The maximum absolute atomic E-state index is 10.8. The van der Waals surface area contributed by atoms with Gasteiger partial charge < -0.3 is 0 Å². The molecule has 0 N–H and O–H groups in total. The van der Waals surface area contributed by atoms with Crippen molar-refractivity contribution in [3.63, 3.8) is 0 Å². The van der Waals surface area contributed by atoms with Gasteiger partial charge in [-0.2, -0.15) is 0 Å². The smallest absolute Gasteiger partial charge is 0.151 e. The first-order valence-corrected chi connectivity index (χ1v) is 5.19. The molecule has 15 heavy (non-hydrogen) atoms. The Morgan fingerprint density at radius 1 is 0.867 bits per heavy atom. The summed E-state index contributed by atoms with van der Waals surface area (Å²) >= 11 is 3.36. The lowest BCUT2D eigenvalue weighted by Gasteiger charge is -2.04.